The van der Waals surface area contributed by atoms with Crippen LogP contribution in [0.2, 0.25) is 0 Å². The van der Waals surface area contributed by atoms with E-state index in [0.717, 1.165) is 46.5 Å². The van der Waals surface area contributed by atoms with Crippen molar-refractivity contribution in [2.24, 2.45) is 0 Å². The number of fused-ring (bicyclic) bond motifs is 6. The van der Waals surface area contributed by atoms with E-state index in [4.69, 9.17) is 0 Å². The van der Waals surface area contributed by atoms with Gasteiger partial charge >= 0.3 is 0 Å². The molecule has 2 aromatic heterocycles. The fourth-order valence-corrected chi connectivity index (χ4v) is 5.48. The highest BCUT2D eigenvalue weighted by Gasteiger charge is 2.20. The molecule has 1 aliphatic carbocycles. The van der Waals surface area contributed by atoms with Crippen LogP contribution in [0.1, 0.15) is 17.7 Å². The summed E-state index contributed by atoms with van der Waals surface area (Å²) in [6.07, 6.45) is 6.44. The lowest BCUT2D eigenvalue weighted by Gasteiger charge is -2.15. The Balaban J connectivity index is 1.56. The Morgan fingerprint density at radius 3 is 1.82 bits per heavy atom. The van der Waals surface area contributed by atoms with Crippen molar-refractivity contribution in [3.8, 4) is 11.4 Å². The molecule has 0 amide bonds. The summed E-state index contributed by atoms with van der Waals surface area (Å²) in [6, 6.07) is 30.5. The van der Waals surface area contributed by atoms with Gasteiger partial charge in [-0.05, 0) is 60.9 Å². The number of hydrogen-bond donors (Lipinski definition) is 0. The zero-order valence-electron chi connectivity index (χ0n) is 18.0. The van der Waals surface area contributed by atoms with Gasteiger partial charge in [0.15, 0.2) is 0 Å². The fraction of sp³-hybridized carbons (Fsp3) is 0.0667. The Labute approximate surface area is 190 Å². The molecule has 0 bridgehead atoms. The Hall–Kier alpha value is -4.11. The van der Waals surface area contributed by atoms with Gasteiger partial charge in [0.05, 0.1) is 27.9 Å². The van der Waals surface area contributed by atoms with Crippen molar-refractivity contribution in [2.45, 2.75) is 12.8 Å². The summed E-state index contributed by atoms with van der Waals surface area (Å²) in [7, 11) is 0. The fourth-order valence-electron chi connectivity index (χ4n) is 5.48. The van der Waals surface area contributed by atoms with E-state index in [1.165, 1.54) is 21.7 Å². The lowest BCUT2D eigenvalue weighted by Crippen LogP contribution is -2.03. The monoisotopic (exact) mass is 428 g/mol. The van der Waals surface area contributed by atoms with E-state index in [9.17, 15) is 0 Å². The van der Waals surface area contributed by atoms with Crippen molar-refractivity contribution >= 4 is 38.8 Å². The van der Waals surface area contributed by atoms with Crippen molar-refractivity contribution in [1.82, 2.24) is 9.13 Å². The molecule has 1 aliphatic rings. The largest absolute Gasteiger partial charge is 0.309 e. The maximum atomic E-state index is 15.2. The van der Waals surface area contributed by atoms with E-state index in [2.05, 4.69) is 88.0 Å². The van der Waals surface area contributed by atoms with Crippen molar-refractivity contribution in [3.05, 3.63) is 114 Å². The van der Waals surface area contributed by atoms with Crippen LogP contribution < -0.4 is 0 Å². The van der Waals surface area contributed by atoms with Gasteiger partial charge in [0.1, 0.15) is 5.82 Å². The molecular weight excluding hydrogens is 407 g/mol. The number of rotatable bonds is 2. The first-order valence-electron chi connectivity index (χ1n) is 11.4. The molecule has 6 aromatic rings. The van der Waals surface area contributed by atoms with Gasteiger partial charge in [-0.3, -0.25) is 0 Å². The smallest absolute Gasteiger partial charge is 0.127 e. The minimum atomic E-state index is -0.240. The number of benzene rings is 4. The molecule has 33 heavy (non-hydrogen) atoms. The number of halogens is 1. The molecule has 0 aliphatic heterocycles. The molecule has 7 rings (SSSR count). The van der Waals surface area contributed by atoms with Crippen molar-refractivity contribution in [1.29, 1.82) is 0 Å². The number of para-hydroxylation sites is 3. The molecule has 158 valence electrons. The standard InChI is InChI=1S/C30H21FN2/c31-20-17-21(32-27-13-5-1-9-23(27)24-10-2-6-14-28(24)32)19-22(18-20)33-29-15-7-3-11-25(29)26-12-4-8-16-30(26)33/h1-3,5-11,13-19H,4,12H2. The lowest BCUT2D eigenvalue weighted by molar-refractivity contribution is 0.626. The van der Waals surface area contributed by atoms with Crippen LogP contribution in [0.4, 0.5) is 4.39 Å². The quantitative estimate of drug-likeness (QED) is 0.266. The first kappa shape index (κ1) is 18.5. The predicted octanol–water partition coefficient (Wildman–Crippen LogP) is 7.83. The van der Waals surface area contributed by atoms with E-state index in [-0.39, 0.29) is 5.82 Å². The molecule has 0 spiro atoms. The van der Waals surface area contributed by atoms with Gasteiger partial charge < -0.3 is 9.13 Å². The molecule has 0 atom stereocenters. The summed E-state index contributed by atoms with van der Waals surface area (Å²) >= 11 is 0. The van der Waals surface area contributed by atoms with Gasteiger partial charge in [-0.25, -0.2) is 4.39 Å². The third kappa shape index (κ3) is 2.66. The zero-order valence-corrected chi connectivity index (χ0v) is 18.0. The minimum absolute atomic E-state index is 0.240. The maximum absolute atomic E-state index is 15.2. The van der Waals surface area contributed by atoms with Gasteiger partial charge in [-0.1, -0.05) is 60.7 Å². The van der Waals surface area contributed by atoms with Gasteiger partial charge in [0.25, 0.3) is 0 Å². The van der Waals surface area contributed by atoms with Crippen LogP contribution in [-0.2, 0) is 6.42 Å². The summed E-state index contributed by atoms with van der Waals surface area (Å²) in [4.78, 5) is 0. The second-order valence-corrected chi connectivity index (χ2v) is 8.69. The molecule has 0 unspecified atom stereocenters. The molecule has 4 aromatic carbocycles. The third-order valence-electron chi connectivity index (χ3n) is 6.82. The number of hydrogen-bond acceptors (Lipinski definition) is 0. The van der Waals surface area contributed by atoms with Crippen LogP contribution in [-0.4, -0.2) is 9.13 Å². The summed E-state index contributed by atoms with van der Waals surface area (Å²) in [5, 5.41) is 3.59. The zero-order chi connectivity index (χ0) is 21.9. The molecule has 0 saturated carbocycles. The Kier molecular flexibility index (Phi) is 3.88. The Bertz CT molecular complexity index is 1680. The number of aryl methyl sites for hydroxylation is 1. The van der Waals surface area contributed by atoms with Crippen LogP contribution in [0.5, 0.6) is 0 Å². The van der Waals surface area contributed by atoms with E-state index >= 15 is 4.39 Å². The first-order valence-corrected chi connectivity index (χ1v) is 11.4. The van der Waals surface area contributed by atoms with Gasteiger partial charge in [-0.2, -0.15) is 0 Å². The summed E-state index contributed by atoms with van der Waals surface area (Å²) < 4.78 is 19.6. The normalized spacial score (nSPS) is 13.2. The highest BCUT2D eigenvalue weighted by Crippen LogP contribution is 2.36. The van der Waals surface area contributed by atoms with Crippen LogP contribution in [0.15, 0.2) is 97.1 Å². The van der Waals surface area contributed by atoms with Crippen molar-refractivity contribution in [2.75, 3.05) is 0 Å². The van der Waals surface area contributed by atoms with E-state index < -0.39 is 0 Å². The summed E-state index contributed by atoms with van der Waals surface area (Å²) in [5.41, 5.74) is 7.44. The molecule has 0 radical (unpaired) electrons. The van der Waals surface area contributed by atoms with Crippen LogP contribution in [0.25, 0.3) is 50.2 Å². The molecule has 2 nitrogen and oxygen atoms in total. The average molecular weight is 429 g/mol. The van der Waals surface area contributed by atoms with Gasteiger partial charge in [-0.15, -0.1) is 0 Å². The number of allylic oxidation sites excluding steroid dienone is 1. The average Bonchev–Trinajstić information content (AvgIpc) is 3.37. The van der Waals surface area contributed by atoms with E-state index in [0.29, 0.717) is 0 Å². The lowest BCUT2D eigenvalue weighted by atomic mass is 10.0. The molecule has 2 heterocycles. The Morgan fingerprint density at radius 1 is 0.606 bits per heavy atom. The van der Waals surface area contributed by atoms with E-state index in [1.807, 2.05) is 12.1 Å². The minimum Gasteiger partial charge on any atom is -0.309 e. The second kappa shape index (κ2) is 6.94. The van der Waals surface area contributed by atoms with Crippen molar-refractivity contribution < 1.29 is 4.39 Å². The van der Waals surface area contributed by atoms with Crippen molar-refractivity contribution in [3.63, 3.8) is 0 Å². The molecule has 0 fully saturated rings. The van der Waals surface area contributed by atoms with Crippen LogP contribution in [0, 0.1) is 5.82 Å². The van der Waals surface area contributed by atoms with Gasteiger partial charge in [0, 0.05) is 21.9 Å². The Morgan fingerprint density at radius 2 is 1.15 bits per heavy atom. The van der Waals surface area contributed by atoms with Crippen LogP contribution >= 0.6 is 0 Å². The number of nitrogens with zero attached hydrogens (tertiary/aromatic N) is 2. The molecule has 0 N–H and O–H groups in total. The summed E-state index contributed by atoms with van der Waals surface area (Å²) in [5.74, 6) is -0.240. The van der Waals surface area contributed by atoms with Crippen LogP contribution in [0.3, 0.4) is 0 Å². The second-order valence-electron chi connectivity index (χ2n) is 8.69. The third-order valence-corrected chi connectivity index (χ3v) is 6.82. The maximum Gasteiger partial charge on any atom is 0.127 e. The SMILES string of the molecule is Fc1cc(-n2c3c(c4ccccc42)CCC=C3)cc(-n2c3ccccc3c3ccccc32)c1. The number of aromatic nitrogens is 2. The first-order chi connectivity index (χ1) is 16.3. The highest BCUT2D eigenvalue weighted by molar-refractivity contribution is 6.09. The summed E-state index contributed by atoms with van der Waals surface area (Å²) in [6.45, 7) is 0. The predicted molar refractivity (Wildman–Crippen MR) is 135 cm³/mol. The highest BCUT2D eigenvalue weighted by atomic mass is 19.1. The molecule has 3 heteroatoms. The molecular formula is C30H21FN2. The van der Waals surface area contributed by atoms with Gasteiger partial charge in [0.2, 0.25) is 0 Å². The topological polar surface area (TPSA) is 9.86 Å². The van der Waals surface area contributed by atoms with E-state index in [1.54, 1.807) is 12.1 Å². The molecule has 0 saturated heterocycles.